The highest BCUT2D eigenvalue weighted by Crippen LogP contribution is 2.27. The van der Waals surface area contributed by atoms with E-state index >= 15 is 0 Å². The molecule has 0 heterocycles. The Bertz CT molecular complexity index is 353. The molecule has 1 aromatic rings. The van der Waals surface area contributed by atoms with Crippen LogP contribution in [0.25, 0.3) is 0 Å². The van der Waals surface area contributed by atoms with E-state index in [0.29, 0.717) is 30.2 Å². The average molecular weight is 393 g/mol. The smallest absolute Gasteiger partial charge is 0.390 e. The summed E-state index contributed by atoms with van der Waals surface area (Å²) in [5.74, 6) is 0.681. The van der Waals surface area contributed by atoms with Crippen molar-refractivity contribution < 1.29 is 17.9 Å². The Morgan fingerprint density at radius 1 is 1.22 bits per heavy atom. The zero-order valence-corrected chi connectivity index (χ0v) is 12.4. The van der Waals surface area contributed by atoms with Gasteiger partial charge in [-0.2, -0.15) is 13.2 Å². The number of hydrogen-bond donors (Lipinski definition) is 0. The molecule has 0 saturated heterocycles. The Morgan fingerprint density at radius 2 is 1.83 bits per heavy atom. The lowest BCUT2D eigenvalue weighted by Gasteiger charge is -2.12. The third-order valence-corrected chi connectivity index (χ3v) is 3.51. The van der Waals surface area contributed by atoms with Crippen molar-refractivity contribution in [1.29, 1.82) is 0 Å². The summed E-state index contributed by atoms with van der Waals surface area (Å²) in [6, 6.07) is 6.89. The van der Waals surface area contributed by atoms with Crippen LogP contribution in [0.2, 0.25) is 5.02 Å². The lowest BCUT2D eigenvalue weighted by Crippen LogP contribution is -2.15. The highest BCUT2D eigenvalue weighted by Gasteiger charge is 2.30. The van der Waals surface area contributed by atoms with Crippen LogP contribution in [0.1, 0.15) is 19.3 Å². The zero-order chi connectivity index (χ0) is 13.6. The molecule has 0 aliphatic heterocycles. The van der Waals surface area contributed by atoms with Crippen LogP contribution in [-0.4, -0.2) is 16.7 Å². The number of halogens is 5. The first-order valence-electron chi connectivity index (χ1n) is 5.46. The zero-order valence-electron chi connectivity index (χ0n) is 9.51. The molecule has 0 fully saturated rings. The van der Waals surface area contributed by atoms with Gasteiger partial charge in [0.25, 0.3) is 0 Å². The second-order valence-corrected chi connectivity index (χ2v) is 6.06. The van der Waals surface area contributed by atoms with Crippen molar-refractivity contribution in [2.75, 3.05) is 6.61 Å². The van der Waals surface area contributed by atoms with E-state index in [4.69, 9.17) is 16.3 Å². The largest absolute Gasteiger partial charge is 0.494 e. The molecule has 0 N–H and O–H groups in total. The molecule has 0 saturated carbocycles. The minimum absolute atomic E-state index is 0.392. The molecule has 0 radical (unpaired) electrons. The van der Waals surface area contributed by atoms with Crippen molar-refractivity contribution in [3.05, 3.63) is 29.3 Å². The van der Waals surface area contributed by atoms with Gasteiger partial charge in [0.05, 0.1) is 13.0 Å². The van der Waals surface area contributed by atoms with Crippen molar-refractivity contribution in [2.45, 2.75) is 29.4 Å². The maximum absolute atomic E-state index is 12.1. The van der Waals surface area contributed by atoms with Gasteiger partial charge in [-0.1, -0.05) is 34.2 Å². The first-order chi connectivity index (χ1) is 8.37. The number of ether oxygens (including phenoxy) is 1. The summed E-state index contributed by atoms with van der Waals surface area (Å²) in [7, 11) is 0. The van der Waals surface area contributed by atoms with E-state index in [1.54, 1.807) is 24.3 Å². The summed E-state index contributed by atoms with van der Waals surface area (Å²) in [5, 5.41) is 0.625. The van der Waals surface area contributed by atoms with Gasteiger partial charge < -0.3 is 4.74 Å². The number of rotatable bonds is 6. The van der Waals surface area contributed by atoms with Crippen LogP contribution in [0.4, 0.5) is 13.2 Å². The topological polar surface area (TPSA) is 9.23 Å². The van der Waals surface area contributed by atoms with Crippen molar-refractivity contribution in [3.8, 4) is 5.75 Å². The van der Waals surface area contributed by atoms with Gasteiger partial charge in [0.15, 0.2) is 0 Å². The highest BCUT2D eigenvalue weighted by atomic mass is 127. The number of hydrogen-bond acceptors (Lipinski definition) is 1. The van der Waals surface area contributed by atoms with Crippen LogP contribution in [-0.2, 0) is 0 Å². The molecule has 0 aliphatic rings. The molecule has 6 heteroatoms. The summed E-state index contributed by atoms with van der Waals surface area (Å²) in [5.41, 5.74) is 0. The van der Waals surface area contributed by atoms with Crippen molar-refractivity contribution in [3.63, 3.8) is 0 Å². The second kappa shape index (κ2) is 7.43. The standard InChI is InChI=1S/C12H13ClF3IO/c13-9-3-5-11(6-4-9)18-7-1-2-10(17)8-12(14,15)16/h3-6,10H,1-2,7-8H2. The van der Waals surface area contributed by atoms with Gasteiger partial charge in [0, 0.05) is 8.95 Å². The predicted molar refractivity (Wildman–Crippen MR) is 74.7 cm³/mol. The number of benzene rings is 1. The van der Waals surface area contributed by atoms with Crippen molar-refractivity contribution in [2.24, 2.45) is 0 Å². The van der Waals surface area contributed by atoms with E-state index in [2.05, 4.69) is 0 Å². The molecule has 1 unspecified atom stereocenters. The molecule has 1 nitrogen and oxygen atoms in total. The Hall–Kier alpha value is -0.170. The molecular formula is C12H13ClF3IO. The van der Waals surface area contributed by atoms with Gasteiger partial charge in [0.2, 0.25) is 0 Å². The van der Waals surface area contributed by atoms with Crippen LogP contribution in [0, 0.1) is 0 Å². The minimum atomic E-state index is -4.08. The third-order valence-electron chi connectivity index (χ3n) is 2.20. The fourth-order valence-electron chi connectivity index (χ4n) is 1.38. The quantitative estimate of drug-likeness (QED) is 0.365. The molecule has 1 aromatic carbocycles. The normalized spacial score (nSPS) is 13.4. The molecule has 0 aromatic heterocycles. The molecule has 0 bridgehead atoms. The first kappa shape index (κ1) is 15.9. The van der Waals surface area contributed by atoms with Crippen LogP contribution in [0.5, 0.6) is 5.75 Å². The van der Waals surface area contributed by atoms with E-state index < -0.39 is 16.5 Å². The Balaban J connectivity index is 2.17. The molecule has 0 aliphatic carbocycles. The van der Waals surface area contributed by atoms with Crippen molar-refractivity contribution in [1.82, 2.24) is 0 Å². The maximum Gasteiger partial charge on any atom is 0.390 e. The van der Waals surface area contributed by atoms with Crippen LogP contribution >= 0.6 is 34.2 Å². The van der Waals surface area contributed by atoms with Gasteiger partial charge in [-0.05, 0) is 37.1 Å². The summed E-state index contributed by atoms with van der Waals surface area (Å²) in [6.07, 6.45) is -3.72. The molecule has 102 valence electrons. The van der Waals surface area contributed by atoms with Crippen LogP contribution in [0.3, 0.4) is 0 Å². The molecule has 1 atom stereocenters. The van der Waals surface area contributed by atoms with Gasteiger partial charge >= 0.3 is 6.18 Å². The fourth-order valence-corrected chi connectivity index (χ4v) is 2.44. The third kappa shape index (κ3) is 7.31. The number of alkyl halides is 4. The summed E-state index contributed by atoms with van der Waals surface area (Å²) in [6.45, 7) is 0.416. The van der Waals surface area contributed by atoms with Crippen LogP contribution < -0.4 is 4.74 Å². The Morgan fingerprint density at radius 3 is 2.39 bits per heavy atom. The van der Waals surface area contributed by atoms with Crippen molar-refractivity contribution >= 4 is 34.2 Å². The fraction of sp³-hybridized carbons (Fsp3) is 0.500. The SMILES string of the molecule is FC(F)(F)CC(I)CCCOc1ccc(Cl)cc1. The molecule has 18 heavy (non-hydrogen) atoms. The predicted octanol–water partition coefficient (Wildman–Crippen LogP) is 5.26. The first-order valence-corrected chi connectivity index (χ1v) is 7.08. The molecular weight excluding hydrogens is 379 g/mol. The molecule has 0 amide bonds. The van der Waals surface area contributed by atoms with Gasteiger partial charge in [-0.15, -0.1) is 0 Å². The van der Waals surface area contributed by atoms with Gasteiger partial charge in [-0.25, -0.2) is 0 Å². The van der Waals surface area contributed by atoms with Gasteiger partial charge in [-0.3, -0.25) is 0 Å². The molecule has 0 spiro atoms. The lowest BCUT2D eigenvalue weighted by molar-refractivity contribution is -0.133. The summed E-state index contributed by atoms with van der Waals surface area (Å²) >= 11 is 7.55. The van der Waals surface area contributed by atoms with E-state index in [9.17, 15) is 13.2 Å². The van der Waals surface area contributed by atoms with E-state index in [0.717, 1.165) is 0 Å². The summed E-state index contributed by atoms with van der Waals surface area (Å²) < 4.78 is 41.2. The van der Waals surface area contributed by atoms with Gasteiger partial charge in [0.1, 0.15) is 5.75 Å². The monoisotopic (exact) mass is 392 g/mol. The van der Waals surface area contributed by atoms with E-state index in [1.165, 1.54) is 0 Å². The van der Waals surface area contributed by atoms with E-state index in [1.807, 2.05) is 22.6 Å². The maximum atomic E-state index is 12.1. The minimum Gasteiger partial charge on any atom is -0.494 e. The molecule has 1 rings (SSSR count). The highest BCUT2D eigenvalue weighted by molar-refractivity contribution is 14.1. The Kier molecular flexibility index (Phi) is 6.55. The lowest BCUT2D eigenvalue weighted by atomic mass is 10.2. The van der Waals surface area contributed by atoms with Crippen LogP contribution in [0.15, 0.2) is 24.3 Å². The summed E-state index contributed by atoms with van der Waals surface area (Å²) in [4.78, 5) is 0. The second-order valence-electron chi connectivity index (χ2n) is 3.86. The average Bonchev–Trinajstić information content (AvgIpc) is 2.24. The van der Waals surface area contributed by atoms with E-state index in [-0.39, 0.29) is 0 Å². The Labute approximate surface area is 123 Å².